The van der Waals surface area contributed by atoms with Crippen molar-refractivity contribution in [3.63, 3.8) is 0 Å². The van der Waals surface area contributed by atoms with E-state index in [2.05, 4.69) is 0 Å². The second-order valence-corrected chi connectivity index (χ2v) is 24.8. The summed E-state index contributed by atoms with van der Waals surface area (Å²) in [7, 11) is 5.17. The molecule has 23 atom stereocenters. The van der Waals surface area contributed by atoms with E-state index >= 15 is 0 Å². The van der Waals surface area contributed by atoms with Crippen LogP contribution in [-0.2, 0) is 92.9 Å². The van der Waals surface area contributed by atoms with Gasteiger partial charge in [-0.2, -0.15) is 0 Å². The van der Waals surface area contributed by atoms with Crippen molar-refractivity contribution in [3.05, 3.63) is 0 Å². The van der Waals surface area contributed by atoms with Crippen LogP contribution in [0.15, 0.2) is 0 Å². The van der Waals surface area contributed by atoms with Crippen LogP contribution in [0.4, 0.5) is 0 Å². The summed E-state index contributed by atoms with van der Waals surface area (Å²) in [6.45, 7) is 16.6. The summed E-state index contributed by atoms with van der Waals surface area (Å²) in [5.74, 6) is 0.0567. The van der Waals surface area contributed by atoms with Crippen LogP contribution in [-0.4, -0.2) is 223 Å². The molecular weight excluding hydrogens is 1030 g/mol. The monoisotopic (exact) mass is 1110 g/mol. The Kier molecular flexibility index (Phi) is 26.4. The maximum absolute atomic E-state index is 12.4. The Hall–Kier alpha value is -0.0201. The van der Waals surface area contributed by atoms with Crippen molar-refractivity contribution in [2.24, 2.45) is 11.8 Å². The van der Waals surface area contributed by atoms with Crippen molar-refractivity contribution in [2.75, 3.05) is 81.4 Å². The summed E-state index contributed by atoms with van der Waals surface area (Å²) in [6, 6.07) is -0.803. The second kappa shape index (κ2) is 29.4. The Morgan fingerprint density at radius 3 is 1.56 bits per heavy atom. The molecule has 0 saturated carbocycles. The highest BCUT2D eigenvalue weighted by atomic mass is 31.2. The van der Waals surface area contributed by atoms with Gasteiger partial charge in [0.2, 0.25) is 0 Å². The molecule has 4 radical (unpaired) electrons. The summed E-state index contributed by atoms with van der Waals surface area (Å²) in [5, 5.41) is 19.4. The normalized spacial score (nSPS) is 41.1. The van der Waals surface area contributed by atoms with Gasteiger partial charge < -0.3 is 99.2 Å². The highest BCUT2D eigenvalue weighted by molar-refractivity contribution is 7.53. The molecule has 0 aromatic rings. The molecule has 0 aromatic heterocycles. The predicted octanol–water partition coefficient (Wildman–Crippen LogP) is 1.77. The van der Waals surface area contributed by atoms with Gasteiger partial charge in [-0.15, -0.1) is 0 Å². The van der Waals surface area contributed by atoms with Crippen LogP contribution in [0.3, 0.4) is 0 Å². The van der Waals surface area contributed by atoms with E-state index in [-0.39, 0.29) is 94.2 Å². The first kappa shape index (κ1) is 65.5. The Morgan fingerprint density at radius 1 is 0.589 bits per heavy atom. The van der Waals surface area contributed by atoms with Crippen molar-refractivity contribution in [1.82, 2.24) is 0 Å². The molecule has 6 saturated heterocycles. The average Bonchev–Trinajstić information content (AvgIpc) is 4.16. The number of ether oxygens (including phenoxy) is 11. The van der Waals surface area contributed by atoms with Crippen molar-refractivity contribution >= 4 is 38.9 Å². The zero-order chi connectivity index (χ0) is 54.6. The van der Waals surface area contributed by atoms with Crippen LogP contribution in [0.25, 0.3) is 0 Å². The number of aliphatic hydroxyl groups excluding tert-OH is 2. The van der Waals surface area contributed by atoms with Crippen LogP contribution in [0, 0.1) is 11.8 Å². The third kappa shape index (κ3) is 20.2. The molecule has 0 amide bonds. The first-order chi connectivity index (χ1) is 34.1. The molecule has 6 aliphatic rings. The predicted molar refractivity (Wildman–Crippen MR) is 258 cm³/mol. The third-order valence-corrected chi connectivity index (χ3v) is 16.6. The van der Waals surface area contributed by atoms with E-state index in [0.29, 0.717) is 25.9 Å². The van der Waals surface area contributed by atoms with E-state index < -0.39 is 95.8 Å². The summed E-state index contributed by atoms with van der Waals surface area (Å²) in [4.78, 5) is 24.5. The molecule has 0 aromatic carbocycles. The molecule has 0 aliphatic carbocycles. The maximum Gasteiger partial charge on any atom is 0.327 e. The Balaban J connectivity index is 0.000000238. The summed E-state index contributed by atoms with van der Waals surface area (Å²) in [6.07, 6.45) is -6.66. The van der Waals surface area contributed by atoms with E-state index in [4.69, 9.17) is 100 Å². The Morgan fingerprint density at radius 2 is 1.07 bits per heavy atom. The molecule has 0 spiro atoms. The van der Waals surface area contributed by atoms with Crippen molar-refractivity contribution in [3.8, 4) is 0 Å². The van der Waals surface area contributed by atoms with Crippen LogP contribution in [0.1, 0.15) is 74.7 Å². The minimum absolute atomic E-state index is 0.0271. The molecular formula is C44H81B2O24P3-2. The lowest BCUT2D eigenvalue weighted by Gasteiger charge is -2.33. The SMILES string of the molecule is COC[C@H]1O[C@@H](C)[C@@H](C)C1OP(=O)([O-])OC[C@H]1O[C@@H](C)[C@@H](C)C1OC.C[C@@H]1O[C@H](COC(C)(C)C)C(OP(=O)([O-])OC2CCO[C@@H]2CO)[C@@H]1O.[B]C1CC(OC)C(COP(C)(=O)OC[C@H]2O[C@@H]([B])CC2OC)O1. The molecule has 6 rings (SSSR count). The number of rotatable bonds is 23. The topological polar surface area (TPSA) is 295 Å². The van der Waals surface area contributed by atoms with Gasteiger partial charge in [0.15, 0.2) is 0 Å². The zero-order valence-corrected chi connectivity index (χ0v) is 47.2. The van der Waals surface area contributed by atoms with E-state index in [1.165, 1.54) is 13.8 Å². The Bertz CT molecular complexity index is 1740. The fraction of sp³-hybridized carbons (Fsp3) is 1.00. The Labute approximate surface area is 433 Å². The van der Waals surface area contributed by atoms with Gasteiger partial charge in [-0.3, -0.25) is 13.7 Å². The number of phosphoric acid groups is 2. The van der Waals surface area contributed by atoms with Crippen LogP contribution in [0.2, 0.25) is 0 Å². The van der Waals surface area contributed by atoms with Gasteiger partial charge in [-0.05, 0) is 54.4 Å². The van der Waals surface area contributed by atoms with Gasteiger partial charge in [-0.1, -0.05) is 13.8 Å². The quantitative estimate of drug-likeness (QED) is 0.109. The molecule has 424 valence electrons. The fourth-order valence-electron chi connectivity index (χ4n) is 8.99. The first-order valence-electron chi connectivity index (χ1n) is 24.7. The molecule has 6 heterocycles. The van der Waals surface area contributed by atoms with Crippen molar-refractivity contribution in [1.29, 1.82) is 0 Å². The highest BCUT2D eigenvalue weighted by Crippen LogP contribution is 2.48. The largest absolute Gasteiger partial charge is 0.756 e. The molecule has 6 aliphatic heterocycles. The van der Waals surface area contributed by atoms with Crippen LogP contribution >= 0.6 is 23.2 Å². The van der Waals surface area contributed by atoms with E-state index in [1.807, 2.05) is 48.5 Å². The van der Waals surface area contributed by atoms with Crippen LogP contribution < -0.4 is 9.79 Å². The maximum atomic E-state index is 12.4. The van der Waals surface area contributed by atoms with E-state index in [1.54, 1.807) is 28.3 Å². The second-order valence-electron chi connectivity index (χ2n) is 20.1. The minimum atomic E-state index is -4.74. The van der Waals surface area contributed by atoms with Crippen molar-refractivity contribution < 1.29 is 113 Å². The molecule has 11 unspecified atom stereocenters. The zero-order valence-electron chi connectivity index (χ0n) is 44.5. The number of aliphatic hydroxyl groups is 2. The molecule has 0 bridgehead atoms. The van der Waals surface area contributed by atoms with E-state index in [0.717, 1.165) is 0 Å². The van der Waals surface area contributed by atoms with Gasteiger partial charge >= 0.3 is 7.60 Å². The molecule has 73 heavy (non-hydrogen) atoms. The number of hydrogen-bond acceptors (Lipinski definition) is 24. The fourth-order valence-corrected chi connectivity index (χ4v) is 12.1. The van der Waals surface area contributed by atoms with Crippen molar-refractivity contribution in [2.45, 2.75) is 190 Å². The third-order valence-electron chi connectivity index (χ3n) is 13.4. The number of hydrogen-bond donors (Lipinski definition) is 2. The summed E-state index contributed by atoms with van der Waals surface area (Å²) >= 11 is 0. The number of methoxy groups -OCH3 is 4. The highest BCUT2D eigenvalue weighted by Gasteiger charge is 2.47. The summed E-state index contributed by atoms with van der Waals surface area (Å²) < 4.78 is 128. The summed E-state index contributed by atoms with van der Waals surface area (Å²) in [5.41, 5.74) is -0.447. The molecule has 6 fully saturated rings. The van der Waals surface area contributed by atoms with Gasteiger partial charge in [0, 0.05) is 72.0 Å². The van der Waals surface area contributed by atoms with Gasteiger partial charge in [-0.25, -0.2) is 0 Å². The lowest BCUT2D eigenvalue weighted by molar-refractivity contribution is -0.240. The van der Waals surface area contributed by atoms with Gasteiger partial charge in [0.05, 0.1) is 94.1 Å². The lowest BCUT2D eigenvalue weighted by Crippen LogP contribution is -2.39. The van der Waals surface area contributed by atoms with E-state index in [9.17, 15) is 28.6 Å². The molecule has 29 heteroatoms. The number of phosphoric ester groups is 2. The smallest absolute Gasteiger partial charge is 0.327 e. The first-order valence-corrected chi connectivity index (χ1v) is 29.6. The van der Waals surface area contributed by atoms with Gasteiger partial charge in [0.25, 0.3) is 15.6 Å². The molecule has 24 nitrogen and oxygen atoms in total. The van der Waals surface area contributed by atoms with Crippen LogP contribution in [0.5, 0.6) is 0 Å². The lowest BCUT2D eigenvalue weighted by atomic mass is 9.96. The van der Waals surface area contributed by atoms with Gasteiger partial charge in [0.1, 0.15) is 64.5 Å². The standard InChI is InChI=1S/C16H31O8P.C15H29O9P.C13H23B2O7P/c1-9-11(3)23-14(15(9)20-6)8-21-25(17,18)24-16-10(2)12(4)22-13(16)7-19-5;1-9-13(17)14(12(22-9)8-21-15(2,3)4)24-25(18,19)23-10-5-6-20-11(10)7-16;1-17-8-4-12(14)21-10(8)6-19-23(3,16)20-7-11-9(18-2)5-13(15)22-11/h9-16H,7-8H2,1-6H3,(H,17,18);9-14,16-17H,5-8H2,1-4H3,(H,18,19);8-13H,4-7H2,1-3H3/p-2/t9-,10-,11+,12+,13-,14-,15?,16?;9-,10?,11+,12+,13+,14?;8?,9?,10-,11?,12-,13?,23?/m101/s1. The molecule has 2 N–H and O–H groups in total. The minimum Gasteiger partial charge on any atom is -0.756 e. The average molecular weight is 1110 g/mol.